The van der Waals surface area contributed by atoms with Gasteiger partial charge in [0.05, 0.1) is 0 Å². The van der Waals surface area contributed by atoms with Gasteiger partial charge in [0.15, 0.2) is 0 Å². The van der Waals surface area contributed by atoms with Gasteiger partial charge in [-0.05, 0) is 40.0 Å². The second-order valence-electron chi connectivity index (χ2n) is 6.06. The lowest BCUT2D eigenvalue weighted by molar-refractivity contribution is 0.0281. The third-order valence-electron chi connectivity index (χ3n) is 3.25. The van der Waals surface area contributed by atoms with Gasteiger partial charge < -0.3 is 15.0 Å². The van der Waals surface area contributed by atoms with Crippen molar-refractivity contribution in [2.75, 3.05) is 13.1 Å². The Labute approximate surface area is 97.3 Å². The van der Waals surface area contributed by atoms with Crippen LogP contribution in [-0.4, -0.2) is 41.8 Å². The highest BCUT2D eigenvalue weighted by Crippen LogP contribution is 2.28. The van der Waals surface area contributed by atoms with Crippen molar-refractivity contribution in [1.82, 2.24) is 10.2 Å². The van der Waals surface area contributed by atoms with E-state index in [1.54, 1.807) is 0 Å². The van der Waals surface area contributed by atoms with E-state index >= 15 is 0 Å². The number of likely N-dealkylation sites (tertiary alicyclic amines) is 1. The first-order chi connectivity index (χ1) is 7.35. The molecule has 0 aromatic carbocycles. The molecular formula is C12H22N2O2. The standard InChI is InChI=1S/C12H22N2O2/c1-8-5-9-6-14(7-10(9)13-8)11(15)16-12(2,3)4/h8-10,13H,5-7H2,1-4H3/t8-,9+,10+/m1/s1. The molecule has 2 fully saturated rings. The van der Waals surface area contributed by atoms with E-state index in [0.29, 0.717) is 18.0 Å². The summed E-state index contributed by atoms with van der Waals surface area (Å²) in [6, 6.07) is 1.07. The Kier molecular flexibility index (Phi) is 2.86. The first-order valence-corrected chi connectivity index (χ1v) is 6.09. The molecule has 4 heteroatoms. The number of carbonyl (C=O) groups is 1. The van der Waals surface area contributed by atoms with Crippen molar-refractivity contribution in [3.8, 4) is 0 Å². The molecule has 0 aliphatic carbocycles. The van der Waals surface area contributed by atoms with Crippen molar-refractivity contribution in [3.05, 3.63) is 0 Å². The number of nitrogens with zero attached hydrogens (tertiary/aromatic N) is 1. The number of nitrogens with one attached hydrogen (secondary N) is 1. The summed E-state index contributed by atoms with van der Waals surface area (Å²) in [5.74, 6) is 0.613. The highest BCUT2D eigenvalue weighted by atomic mass is 16.6. The van der Waals surface area contributed by atoms with E-state index in [2.05, 4.69) is 12.2 Å². The molecule has 1 amide bonds. The Bertz CT molecular complexity index is 271. The zero-order valence-electron chi connectivity index (χ0n) is 10.6. The summed E-state index contributed by atoms with van der Waals surface area (Å²) < 4.78 is 5.37. The summed E-state index contributed by atoms with van der Waals surface area (Å²) >= 11 is 0. The maximum Gasteiger partial charge on any atom is 0.410 e. The minimum atomic E-state index is -0.393. The molecule has 0 unspecified atom stereocenters. The van der Waals surface area contributed by atoms with E-state index in [9.17, 15) is 4.79 Å². The van der Waals surface area contributed by atoms with Crippen LogP contribution in [0.5, 0.6) is 0 Å². The topological polar surface area (TPSA) is 41.6 Å². The van der Waals surface area contributed by atoms with Gasteiger partial charge in [-0.1, -0.05) is 0 Å². The lowest BCUT2D eigenvalue weighted by atomic mass is 10.0. The molecule has 0 aromatic rings. The Hall–Kier alpha value is -0.770. The predicted octanol–water partition coefficient (Wildman–Crippen LogP) is 1.60. The fourth-order valence-corrected chi connectivity index (χ4v) is 2.66. The second-order valence-corrected chi connectivity index (χ2v) is 6.06. The Morgan fingerprint density at radius 1 is 1.38 bits per heavy atom. The molecule has 0 aromatic heterocycles. The molecule has 0 saturated carbocycles. The van der Waals surface area contributed by atoms with Gasteiger partial charge >= 0.3 is 6.09 Å². The first kappa shape index (κ1) is 11.7. The third kappa shape index (κ3) is 2.48. The smallest absolute Gasteiger partial charge is 0.410 e. The Balaban J connectivity index is 1.88. The number of fused-ring (bicyclic) bond motifs is 1. The number of ether oxygens (including phenoxy) is 1. The van der Waals surface area contributed by atoms with E-state index in [1.165, 1.54) is 6.42 Å². The SMILES string of the molecule is C[C@@H]1C[C@H]2CN(C(=O)OC(C)(C)C)C[C@@H]2N1. The fourth-order valence-electron chi connectivity index (χ4n) is 2.66. The number of rotatable bonds is 0. The van der Waals surface area contributed by atoms with E-state index < -0.39 is 5.60 Å². The maximum absolute atomic E-state index is 11.8. The molecule has 92 valence electrons. The van der Waals surface area contributed by atoms with Crippen LogP contribution < -0.4 is 5.32 Å². The van der Waals surface area contributed by atoms with Crippen molar-refractivity contribution in [2.45, 2.75) is 51.8 Å². The van der Waals surface area contributed by atoms with Gasteiger partial charge in [-0.15, -0.1) is 0 Å². The van der Waals surface area contributed by atoms with Crippen LogP contribution in [-0.2, 0) is 4.74 Å². The summed E-state index contributed by atoms with van der Waals surface area (Å²) in [5.41, 5.74) is -0.393. The zero-order valence-corrected chi connectivity index (χ0v) is 10.6. The van der Waals surface area contributed by atoms with Gasteiger partial charge in [0, 0.05) is 25.2 Å². The van der Waals surface area contributed by atoms with Crippen molar-refractivity contribution < 1.29 is 9.53 Å². The van der Waals surface area contributed by atoms with E-state index in [-0.39, 0.29) is 6.09 Å². The molecule has 1 N–H and O–H groups in total. The lowest BCUT2D eigenvalue weighted by Gasteiger charge is -2.25. The summed E-state index contributed by atoms with van der Waals surface area (Å²) in [6.45, 7) is 9.56. The van der Waals surface area contributed by atoms with Crippen molar-refractivity contribution in [2.24, 2.45) is 5.92 Å². The van der Waals surface area contributed by atoms with Crippen LogP contribution in [0.1, 0.15) is 34.1 Å². The van der Waals surface area contributed by atoms with Gasteiger partial charge in [-0.3, -0.25) is 0 Å². The second kappa shape index (κ2) is 3.91. The van der Waals surface area contributed by atoms with Gasteiger partial charge in [-0.25, -0.2) is 4.79 Å². The number of amides is 1. The number of hydrogen-bond donors (Lipinski definition) is 1. The lowest BCUT2D eigenvalue weighted by Crippen LogP contribution is -2.39. The molecule has 16 heavy (non-hydrogen) atoms. The van der Waals surface area contributed by atoms with Gasteiger partial charge in [0.25, 0.3) is 0 Å². The van der Waals surface area contributed by atoms with Crippen LogP contribution in [0.4, 0.5) is 4.79 Å². The molecule has 4 nitrogen and oxygen atoms in total. The number of carbonyl (C=O) groups excluding carboxylic acids is 1. The molecule has 2 heterocycles. The molecule has 0 bridgehead atoms. The average molecular weight is 226 g/mol. The molecule has 0 radical (unpaired) electrons. The molecule has 2 saturated heterocycles. The normalized spacial score (nSPS) is 34.0. The predicted molar refractivity (Wildman–Crippen MR) is 62.3 cm³/mol. The average Bonchev–Trinajstić information content (AvgIpc) is 2.56. The molecule has 2 aliphatic rings. The van der Waals surface area contributed by atoms with Crippen LogP contribution in [0, 0.1) is 5.92 Å². The largest absolute Gasteiger partial charge is 0.444 e. The van der Waals surface area contributed by atoms with Gasteiger partial charge in [0.2, 0.25) is 0 Å². The van der Waals surface area contributed by atoms with Crippen molar-refractivity contribution >= 4 is 6.09 Å². The third-order valence-corrected chi connectivity index (χ3v) is 3.25. The monoisotopic (exact) mass is 226 g/mol. The first-order valence-electron chi connectivity index (χ1n) is 6.09. The minimum absolute atomic E-state index is 0.170. The summed E-state index contributed by atoms with van der Waals surface area (Å²) in [5, 5.41) is 3.51. The van der Waals surface area contributed by atoms with Crippen LogP contribution in [0.25, 0.3) is 0 Å². The van der Waals surface area contributed by atoms with Crippen molar-refractivity contribution in [1.29, 1.82) is 0 Å². The summed E-state index contributed by atoms with van der Waals surface area (Å²) in [7, 11) is 0. The van der Waals surface area contributed by atoms with Crippen molar-refractivity contribution in [3.63, 3.8) is 0 Å². The highest BCUT2D eigenvalue weighted by Gasteiger charge is 2.41. The fraction of sp³-hybridized carbons (Fsp3) is 0.917. The molecular weight excluding hydrogens is 204 g/mol. The van der Waals surface area contributed by atoms with Gasteiger partial charge in [-0.2, -0.15) is 0 Å². The van der Waals surface area contributed by atoms with Crippen LogP contribution >= 0.6 is 0 Å². The minimum Gasteiger partial charge on any atom is -0.444 e. The Morgan fingerprint density at radius 3 is 2.62 bits per heavy atom. The van der Waals surface area contributed by atoms with E-state index in [1.807, 2.05) is 25.7 Å². The number of hydrogen-bond acceptors (Lipinski definition) is 3. The quantitative estimate of drug-likeness (QED) is 0.682. The van der Waals surface area contributed by atoms with Gasteiger partial charge in [0.1, 0.15) is 5.60 Å². The van der Waals surface area contributed by atoms with E-state index in [4.69, 9.17) is 4.74 Å². The van der Waals surface area contributed by atoms with Crippen LogP contribution in [0.2, 0.25) is 0 Å². The maximum atomic E-state index is 11.8. The molecule has 0 spiro atoms. The van der Waals surface area contributed by atoms with Crippen LogP contribution in [0.3, 0.4) is 0 Å². The molecule has 2 aliphatic heterocycles. The highest BCUT2D eigenvalue weighted by molar-refractivity contribution is 5.68. The molecule has 3 atom stereocenters. The summed E-state index contributed by atoms with van der Waals surface area (Å²) in [4.78, 5) is 13.7. The summed E-state index contributed by atoms with van der Waals surface area (Å²) in [6.07, 6.45) is 1.00. The molecule has 2 rings (SSSR count). The van der Waals surface area contributed by atoms with E-state index in [0.717, 1.165) is 13.1 Å². The Morgan fingerprint density at radius 2 is 2.06 bits per heavy atom. The zero-order chi connectivity index (χ0) is 11.9. The van der Waals surface area contributed by atoms with Crippen LogP contribution in [0.15, 0.2) is 0 Å².